The summed E-state index contributed by atoms with van der Waals surface area (Å²) < 4.78 is 83.5. The second-order valence-corrected chi connectivity index (χ2v) is 7.69. The Hall–Kier alpha value is -2.71. The fraction of sp³-hybridized carbons (Fsp3) is 0.409. The van der Waals surface area contributed by atoms with Crippen LogP contribution in [-0.4, -0.2) is 19.6 Å². The zero-order valence-corrected chi connectivity index (χ0v) is 16.7. The van der Waals surface area contributed by atoms with E-state index in [0.29, 0.717) is 17.9 Å². The molecule has 0 unspecified atom stereocenters. The number of amides is 1. The lowest BCUT2D eigenvalue weighted by atomic mass is 9.78. The van der Waals surface area contributed by atoms with Gasteiger partial charge in [-0.05, 0) is 48.7 Å². The van der Waals surface area contributed by atoms with Gasteiger partial charge in [-0.2, -0.15) is 26.3 Å². The molecule has 0 spiro atoms. The Morgan fingerprint density at radius 1 is 0.935 bits per heavy atom. The maximum Gasteiger partial charge on any atom is 0.416 e. The lowest BCUT2D eigenvalue weighted by molar-refractivity contribution is -0.143. The third-order valence-electron chi connectivity index (χ3n) is 5.70. The van der Waals surface area contributed by atoms with Crippen LogP contribution < -0.4 is 10.1 Å². The normalized spacial score (nSPS) is 16.2. The molecule has 0 aliphatic heterocycles. The third kappa shape index (κ3) is 5.14. The smallest absolute Gasteiger partial charge is 0.416 e. The molecular formula is C22H21F6NO2. The molecule has 9 heteroatoms. The summed E-state index contributed by atoms with van der Waals surface area (Å²) in [6.45, 7) is 0.107. The number of alkyl halides is 6. The van der Waals surface area contributed by atoms with E-state index in [0.717, 1.165) is 31.2 Å². The fourth-order valence-electron chi connectivity index (χ4n) is 4.00. The molecule has 1 fully saturated rings. The molecule has 31 heavy (non-hydrogen) atoms. The minimum absolute atomic E-state index is 0.00655. The number of carbonyl (C=O) groups excluding carboxylic acids is 1. The predicted octanol–water partition coefficient (Wildman–Crippen LogP) is 5.97. The molecular weight excluding hydrogens is 424 g/mol. The van der Waals surface area contributed by atoms with E-state index in [2.05, 4.69) is 5.32 Å². The van der Waals surface area contributed by atoms with Gasteiger partial charge >= 0.3 is 12.4 Å². The molecule has 2 aromatic carbocycles. The Balaban J connectivity index is 1.86. The fourth-order valence-corrected chi connectivity index (χ4v) is 4.00. The van der Waals surface area contributed by atoms with Crippen molar-refractivity contribution in [2.45, 2.75) is 43.5 Å². The number of hydrogen-bond donors (Lipinski definition) is 1. The van der Waals surface area contributed by atoms with Crippen LogP contribution in [-0.2, 0) is 17.8 Å². The van der Waals surface area contributed by atoms with E-state index in [9.17, 15) is 31.1 Å². The van der Waals surface area contributed by atoms with Gasteiger partial charge in [-0.3, -0.25) is 4.79 Å². The van der Waals surface area contributed by atoms with Gasteiger partial charge in [0.1, 0.15) is 5.75 Å². The van der Waals surface area contributed by atoms with E-state index in [1.807, 2.05) is 12.1 Å². The van der Waals surface area contributed by atoms with Gasteiger partial charge < -0.3 is 10.1 Å². The predicted molar refractivity (Wildman–Crippen MR) is 102 cm³/mol. The number of hydrogen-bond acceptors (Lipinski definition) is 2. The highest BCUT2D eigenvalue weighted by atomic mass is 19.4. The lowest BCUT2D eigenvalue weighted by Gasteiger charge is -2.30. The SMILES string of the molecule is COc1ccc(C2(CNC(=O)c3cc(C(F)(F)F)cc(C(F)(F)F)c3)CCCC2)cc1. The molecule has 1 amide bonds. The molecule has 2 aromatic rings. The van der Waals surface area contributed by atoms with Crippen molar-refractivity contribution in [3.05, 3.63) is 64.7 Å². The van der Waals surface area contributed by atoms with Crippen molar-refractivity contribution in [3.63, 3.8) is 0 Å². The molecule has 3 nitrogen and oxygen atoms in total. The summed E-state index contributed by atoms with van der Waals surface area (Å²) in [6, 6.07) is 8.18. The van der Waals surface area contributed by atoms with Crippen LogP contribution in [0, 0.1) is 0 Å². The van der Waals surface area contributed by atoms with Crippen LogP contribution in [0.1, 0.15) is 52.7 Å². The average Bonchev–Trinajstić information content (AvgIpc) is 3.20. The van der Waals surface area contributed by atoms with Crippen LogP contribution >= 0.6 is 0 Å². The summed E-state index contributed by atoms with van der Waals surface area (Å²) in [4.78, 5) is 12.6. The Morgan fingerprint density at radius 2 is 1.45 bits per heavy atom. The molecule has 0 heterocycles. The number of rotatable bonds is 5. The van der Waals surface area contributed by atoms with Crippen molar-refractivity contribution in [1.82, 2.24) is 5.32 Å². The molecule has 1 saturated carbocycles. The molecule has 0 aromatic heterocycles. The standard InChI is InChI=1S/C22H21F6NO2/c1-31-18-6-4-15(5-7-18)20(8-2-3-9-20)13-29-19(30)14-10-16(21(23,24)25)12-17(11-14)22(26,27)28/h4-7,10-12H,2-3,8-9,13H2,1H3,(H,29,30). The van der Waals surface area contributed by atoms with Gasteiger partial charge in [0, 0.05) is 17.5 Å². The highest BCUT2D eigenvalue weighted by Gasteiger charge is 2.39. The molecule has 168 valence electrons. The summed E-state index contributed by atoms with van der Waals surface area (Å²) in [5, 5.41) is 2.56. The minimum Gasteiger partial charge on any atom is -0.497 e. The van der Waals surface area contributed by atoms with Gasteiger partial charge in [-0.15, -0.1) is 0 Å². The van der Waals surface area contributed by atoms with Crippen LogP contribution in [0.4, 0.5) is 26.3 Å². The van der Waals surface area contributed by atoms with Crippen LogP contribution in [0.2, 0.25) is 0 Å². The molecule has 0 atom stereocenters. The largest absolute Gasteiger partial charge is 0.497 e. The second kappa shape index (κ2) is 8.43. The molecule has 1 aliphatic carbocycles. The van der Waals surface area contributed by atoms with Crippen LogP contribution in [0.25, 0.3) is 0 Å². The van der Waals surface area contributed by atoms with Gasteiger partial charge in [-0.1, -0.05) is 25.0 Å². The first-order valence-corrected chi connectivity index (χ1v) is 9.67. The minimum atomic E-state index is -5.01. The Kier molecular flexibility index (Phi) is 6.25. The van der Waals surface area contributed by atoms with Gasteiger partial charge in [0.2, 0.25) is 0 Å². The average molecular weight is 445 g/mol. The molecule has 3 rings (SSSR count). The van der Waals surface area contributed by atoms with Crippen molar-refractivity contribution in [2.75, 3.05) is 13.7 Å². The number of halogens is 6. The number of nitrogens with one attached hydrogen (secondary N) is 1. The summed E-state index contributed by atoms with van der Waals surface area (Å²) in [5.41, 5.74) is -3.20. The maximum absolute atomic E-state index is 13.1. The first-order chi connectivity index (χ1) is 14.4. The number of ether oxygens (including phenoxy) is 1. The molecule has 1 N–H and O–H groups in total. The zero-order valence-electron chi connectivity index (χ0n) is 16.7. The van der Waals surface area contributed by atoms with E-state index in [1.165, 1.54) is 7.11 Å². The second-order valence-electron chi connectivity index (χ2n) is 7.69. The van der Waals surface area contributed by atoms with Crippen molar-refractivity contribution in [1.29, 1.82) is 0 Å². The molecule has 0 bridgehead atoms. The quantitative estimate of drug-likeness (QED) is 0.576. The Morgan fingerprint density at radius 3 is 1.90 bits per heavy atom. The van der Waals surface area contributed by atoms with E-state index >= 15 is 0 Å². The summed E-state index contributed by atoms with van der Waals surface area (Å²) in [5.74, 6) is -0.319. The molecule has 1 aliphatic rings. The monoisotopic (exact) mass is 445 g/mol. The van der Waals surface area contributed by atoms with E-state index < -0.39 is 40.4 Å². The Bertz CT molecular complexity index is 896. The van der Waals surface area contributed by atoms with Crippen LogP contribution in [0.3, 0.4) is 0 Å². The lowest BCUT2D eigenvalue weighted by Crippen LogP contribution is -2.39. The van der Waals surface area contributed by atoms with Crippen molar-refractivity contribution in [2.24, 2.45) is 0 Å². The highest BCUT2D eigenvalue weighted by Crippen LogP contribution is 2.41. The number of carbonyl (C=O) groups is 1. The van der Waals surface area contributed by atoms with Gasteiger partial charge in [0.25, 0.3) is 5.91 Å². The summed E-state index contributed by atoms with van der Waals surface area (Å²) in [7, 11) is 1.53. The van der Waals surface area contributed by atoms with Gasteiger partial charge in [-0.25, -0.2) is 0 Å². The number of methoxy groups -OCH3 is 1. The molecule has 0 radical (unpaired) electrons. The van der Waals surface area contributed by atoms with Crippen molar-refractivity contribution in [3.8, 4) is 5.75 Å². The summed E-state index contributed by atoms with van der Waals surface area (Å²) in [6.07, 6.45) is -6.71. The van der Waals surface area contributed by atoms with Crippen molar-refractivity contribution < 1.29 is 35.9 Å². The van der Waals surface area contributed by atoms with Crippen LogP contribution in [0.5, 0.6) is 5.75 Å². The van der Waals surface area contributed by atoms with Crippen molar-refractivity contribution >= 4 is 5.91 Å². The highest BCUT2D eigenvalue weighted by molar-refractivity contribution is 5.94. The third-order valence-corrected chi connectivity index (χ3v) is 5.70. The zero-order chi connectivity index (χ0) is 22.9. The van der Waals surface area contributed by atoms with Crippen LogP contribution in [0.15, 0.2) is 42.5 Å². The summed E-state index contributed by atoms with van der Waals surface area (Å²) >= 11 is 0. The van der Waals surface area contributed by atoms with E-state index in [4.69, 9.17) is 4.74 Å². The van der Waals surface area contributed by atoms with Gasteiger partial charge in [0.05, 0.1) is 18.2 Å². The topological polar surface area (TPSA) is 38.3 Å². The first kappa shape index (κ1) is 23.0. The first-order valence-electron chi connectivity index (χ1n) is 9.67. The van der Waals surface area contributed by atoms with E-state index in [1.54, 1.807) is 12.1 Å². The molecule has 0 saturated heterocycles. The maximum atomic E-state index is 13.1. The Labute approximate surface area is 175 Å². The van der Waals surface area contributed by atoms with Gasteiger partial charge in [0.15, 0.2) is 0 Å². The van der Waals surface area contributed by atoms with E-state index in [-0.39, 0.29) is 12.6 Å². The number of benzene rings is 2.